The molecule has 6 aromatic rings. The molecule has 3 aromatic carbocycles. The zero-order chi connectivity index (χ0) is 27.6. The zero-order valence-corrected chi connectivity index (χ0v) is 22.7. The molecule has 0 spiro atoms. The van der Waals surface area contributed by atoms with E-state index in [1.165, 1.54) is 5.56 Å². The second-order valence-corrected chi connectivity index (χ2v) is 11.5. The van der Waals surface area contributed by atoms with Crippen LogP contribution in [-0.2, 0) is 12.6 Å². The maximum absolute atomic E-state index is 14.4. The van der Waals surface area contributed by atoms with E-state index in [4.69, 9.17) is 9.40 Å². The highest BCUT2D eigenvalue weighted by molar-refractivity contribution is 7.23. The predicted octanol–water partition coefficient (Wildman–Crippen LogP) is 10.5. The third-order valence-electron chi connectivity index (χ3n) is 7.08. The number of nitrogens with zero attached hydrogens (tertiary/aromatic N) is 1. The number of furan rings is 1. The van der Waals surface area contributed by atoms with Crippen LogP contribution in [0.2, 0.25) is 0 Å². The van der Waals surface area contributed by atoms with E-state index in [1.807, 2.05) is 19.1 Å². The van der Waals surface area contributed by atoms with E-state index >= 15 is 0 Å². The molecule has 0 atom stereocenters. The van der Waals surface area contributed by atoms with E-state index in [1.54, 1.807) is 23.6 Å². The fourth-order valence-corrected chi connectivity index (χ4v) is 6.63. The molecule has 7 heteroatoms. The van der Waals surface area contributed by atoms with Crippen molar-refractivity contribution in [2.24, 2.45) is 5.92 Å². The zero-order valence-electron chi connectivity index (χ0n) is 21.8. The largest absolute Gasteiger partial charge is 0.455 e. The second kappa shape index (κ2) is 9.19. The van der Waals surface area contributed by atoms with Gasteiger partial charge in [0, 0.05) is 33.5 Å². The number of alkyl halides is 3. The molecule has 198 valence electrons. The topological polar surface area (TPSA) is 26.0 Å². The van der Waals surface area contributed by atoms with Crippen LogP contribution in [0.25, 0.3) is 53.7 Å². The first kappa shape index (κ1) is 25.6. The van der Waals surface area contributed by atoms with Gasteiger partial charge in [-0.15, -0.1) is 11.3 Å². The molecule has 3 heterocycles. The van der Waals surface area contributed by atoms with Crippen molar-refractivity contribution >= 4 is 43.4 Å². The van der Waals surface area contributed by atoms with Crippen LogP contribution < -0.4 is 0 Å². The quantitative estimate of drug-likeness (QED) is 0.205. The van der Waals surface area contributed by atoms with Crippen molar-refractivity contribution in [3.8, 4) is 21.7 Å². The Balaban J connectivity index is 1.56. The van der Waals surface area contributed by atoms with Crippen molar-refractivity contribution in [3.63, 3.8) is 0 Å². The van der Waals surface area contributed by atoms with Crippen LogP contribution in [0.5, 0.6) is 0 Å². The minimum absolute atomic E-state index is 0.0686. The molecule has 3 aromatic heterocycles. The molecule has 0 amide bonds. The van der Waals surface area contributed by atoms with E-state index in [0.717, 1.165) is 50.2 Å². The standard InChI is InChI=1S/C32H25F4NOS/c1-16(2)11-19-5-7-20(8-6-19)30-18(4)21-9-10-37-28(31(21)39-30)24-13-17(3)12-23-22-14-25(32(34,35)36)26(33)15-27(22)38-29(23)24/h5-10,12-16H,11H2,1-4H3. The Kier molecular flexibility index (Phi) is 6.03. The van der Waals surface area contributed by atoms with E-state index < -0.39 is 17.6 Å². The van der Waals surface area contributed by atoms with E-state index in [0.29, 0.717) is 28.1 Å². The average molecular weight is 548 g/mol. The van der Waals surface area contributed by atoms with E-state index in [2.05, 4.69) is 45.0 Å². The molecule has 0 aliphatic carbocycles. The highest BCUT2D eigenvalue weighted by Gasteiger charge is 2.35. The second-order valence-electron chi connectivity index (χ2n) is 10.5. The Labute approximate surface area is 226 Å². The van der Waals surface area contributed by atoms with Crippen LogP contribution in [-0.4, -0.2) is 4.98 Å². The molecule has 0 aliphatic heterocycles. The summed E-state index contributed by atoms with van der Waals surface area (Å²) in [5, 5.41) is 1.78. The first-order valence-corrected chi connectivity index (χ1v) is 13.5. The minimum Gasteiger partial charge on any atom is -0.455 e. The number of aromatic nitrogens is 1. The van der Waals surface area contributed by atoms with Crippen LogP contribution in [0.1, 0.15) is 36.1 Å². The number of hydrogen-bond donors (Lipinski definition) is 0. The van der Waals surface area contributed by atoms with Crippen molar-refractivity contribution in [1.82, 2.24) is 4.98 Å². The van der Waals surface area contributed by atoms with Gasteiger partial charge in [-0.05, 0) is 78.1 Å². The Morgan fingerprint density at radius 2 is 1.67 bits per heavy atom. The summed E-state index contributed by atoms with van der Waals surface area (Å²) in [6, 6.07) is 16.0. The summed E-state index contributed by atoms with van der Waals surface area (Å²) < 4.78 is 61.7. The molecule has 0 N–H and O–H groups in total. The average Bonchev–Trinajstić information content (AvgIpc) is 3.39. The molecule has 0 radical (unpaired) electrons. The van der Waals surface area contributed by atoms with Crippen LogP contribution in [0.4, 0.5) is 17.6 Å². The number of aryl methyl sites for hydroxylation is 2. The van der Waals surface area contributed by atoms with Crippen molar-refractivity contribution in [2.45, 2.75) is 40.3 Å². The fourth-order valence-electron chi connectivity index (χ4n) is 5.31. The normalized spacial score (nSPS) is 12.4. The number of rotatable bonds is 4. The molecule has 39 heavy (non-hydrogen) atoms. The highest BCUT2D eigenvalue weighted by Crippen LogP contribution is 2.45. The Morgan fingerprint density at radius 3 is 2.36 bits per heavy atom. The van der Waals surface area contributed by atoms with Crippen molar-refractivity contribution in [1.29, 1.82) is 0 Å². The third-order valence-corrected chi connectivity index (χ3v) is 8.44. The monoisotopic (exact) mass is 547 g/mol. The van der Waals surface area contributed by atoms with Gasteiger partial charge >= 0.3 is 6.18 Å². The Hall–Kier alpha value is -3.71. The molecule has 2 nitrogen and oxygen atoms in total. The lowest BCUT2D eigenvalue weighted by atomic mass is 9.99. The lowest BCUT2D eigenvalue weighted by molar-refractivity contribution is -0.139. The minimum atomic E-state index is -4.81. The number of pyridine rings is 1. The first-order chi connectivity index (χ1) is 18.5. The van der Waals surface area contributed by atoms with Crippen LogP contribution >= 0.6 is 11.3 Å². The van der Waals surface area contributed by atoms with Gasteiger partial charge in [0.25, 0.3) is 0 Å². The summed E-state index contributed by atoms with van der Waals surface area (Å²) >= 11 is 1.63. The number of halogens is 4. The summed E-state index contributed by atoms with van der Waals surface area (Å²) in [6.07, 6.45) is -2.04. The molecule has 6 rings (SSSR count). The number of hydrogen-bond acceptors (Lipinski definition) is 3. The van der Waals surface area contributed by atoms with Gasteiger partial charge in [-0.1, -0.05) is 38.1 Å². The van der Waals surface area contributed by atoms with Crippen molar-refractivity contribution in [3.05, 3.63) is 88.9 Å². The van der Waals surface area contributed by atoms with Gasteiger partial charge in [0.1, 0.15) is 17.0 Å². The molecular weight excluding hydrogens is 522 g/mol. The van der Waals surface area contributed by atoms with Gasteiger partial charge < -0.3 is 4.42 Å². The van der Waals surface area contributed by atoms with Gasteiger partial charge in [0.15, 0.2) is 0 Å². The number of thiophene rings is 1. The molecular formula is C32H25F4NOS. The number of fused-ring (bicyclic) bond motifs is 4. The van der Waals surface area contributed by atoms with Gasteiger partial charge in [0.2, 0.25) is 0 Å². The lowest BCUT2D eigenvalue weighted by Crippen LogP contribution is -2.07. The van der Waals surface area contributed by atoms with Gasteiger partial charge in [-0.25, -0.2) is 4.39 Å². The maximum Gasteiger partial charge on any atom is 0.419 e. The highest BCUT2D eigenvalue weighted by atomic mass is 32.1. The number of benzene rings is 3. The van der Waals surface area contributed by atoms with Crippen LogP contribution in [0.15, 0.2) is 65.2 Å². The van der Waals surface area contributed by atoms with Gasteiger partial charge in [-0.3, -0.25) is 4.98 Å². The van der Waals surface area contributed by atoms with Crippen molar-refractivity contribution in [2.75, 3.05) is 0 Å². The van der Waals surface area contributed by atoms with Crippen LogP contribution in [0.3, 0.4) is 0 Å². The Morgan fingerprint density at radius 1 is 0.923 bits per heavy atom. The smallest absolute Gasteiger partial charge is 0.419 e. The lowest BCUT2D eigenvalue weighted by Gasteiger charge is -2.07. The Bertz CT molecular complexity index is 1880. The maximum atomic E-state index is 14.4. The summed E-state index contributed by atoms with van der Waals surface area (Å²) in [4.78, 5) is 5.84. The first-order valence-electron chi connectivity index (χ1n) is 12.7. The predicted molar refractivity (Wildman–Crippen MR) is 151 cm³/mol. The van der Waals surface area contributed by atoms with Gasteiger partial charge in [0.05, 0.1) is 16.0 Å². The molecule has 0 bridgehead atoms. The molecule has 0 saturated carbocycles. The van der Waals surface area contributed by atoms with Gasteiger partial charge in [-0.2, -0.15) is 13.2 Å². The summed E-state index contributed by atoms with van der Waals surface area (Å²) in [6.45, 7) is 8.37. The summed E-state index contributed by atoms with van der Waals surface area (Å²) in [5.74, 6) is -0.776. The summed E-state index contributed by atoms with van der Waals surface area (Å²) in [5.41, 5.74) is 4.91. The molecule has 0 unspecified atom stereocenters. The third kappa shape index (κ3) is 4.39. The molecule has 0 aliphatic rings. The van der Waals surface area contributed by atoms with Crippen LogP contribution in [0, 0.1) is 25.6 Å². The van der Waals surface area contributed by atoms with Crippen molar-refractivity contribution < 1.29 is 22.0 Å². The summed E-state index contributed by atoms with van der Waals surface area (Å²) in [7, 11) is 0. The van der Waals surface area contributed by atoms with E-state index in [-0.39, 0.29) is 11.0 Å². The molecule has 0 fully saturated rings. The molecule has 0 saturated heterocycles. The van der Waals surface area contributed by atoms with E-state index in [9.17, 15) is 17.6 Å². The fraction of sp³-hybridized carbons (Fsp3) is 0.219. The SMILES string of the molecule is Cc1cc(-c2nccc3c(C)c(-c4ccc(CC(C)C)cc4)sc23)c2oc3cc(F)c(C(F)(F)F)cc3c2c1.